The molecule has 1 heterocycles. The Hall–Kier alpha value is -0.870. The average molecular weight is 224 g/mol. The molecule has 0 aliphatic rings. The summed E-state index contributed by atoms with van der Waals surface area (Å²) in [4.78, 5) is 6.62. The molecule has 92 valence electrons. The predicted octanol–water partition coefficient (Wildman–Crippen LogP) is 1.63. The predicted molar refractivity (Wildman–Crippen MR) is 67.2 cm³/mol. The van der Waals surface area contributed by atoms with Crippen molar-refractivity contribution in [1.29, 1.82) is 0 Å². The van der Waals surface area contributed by atoms with E-state index in [0.717, 1.165) is 13.1 Å². The van der Waals surface area contributed by atoms with Gasteiger partial charge >= 0.3 is 0 Å². The summed E-state index contributed by atoms with van der Waals surface area (Å²) < 4.78 is 2.17. The van der Waals surface area contributed by atoms with Gasteiger partial charge in [-0.25, -0.2) is 4.98 Å². The van der Waals surface area contributed by atoms with Gasteiger partial charge in [0.25, 0.3) is 0 Å². The zero-order chi connectivity index (χ0) is 12.1. The highest BCUT2D eigenvalue weighted by Crippen LogP contribution is 2.21. The van der Waals surface area contributed by atoms with Gasteiger partial charge in [-0.3, -0.25) is 4.90 Å². The van der Waals surface area contributed by atoms with E-state index in [2.05, 4.69) is 42.1 Å². The second kappa shape index (κ2) is 6.01. The van der Waals surface area contributed by atoms with Crippen LogP contribution in [0.4, 0.5) is 0 Å². The molecule has 0 bridgehead atoms. The highest BCUT2D eigenvalue weighted by molar-refractivity contribution is 5.07. The van der Waals surface area contributed by atoms with Gasteiger partial charge in [-0.2, -0.15) is 0 Å². The highest BCUT2D eigenvalue weighted by atomic mass is 15.2. The number of imidazole rings is 1. The van der Waals surface area contributed by atoms with Gasteiger partial charge in [0.2, 0.25) is 0 Å². The molecule has 16 heavy (non-hydrogen) atoms. The first kappa shape index (κ1) is 13.2. The summed E-state index contributed by atoms with van der Waals surface area (Å²) in [5.41, 5.74) is 7.14. The molecule has 2 N–H and O–H groups in total. The Kier molecular flexibility index (Phi) is 4.96. The Labute approximate surface area is 98.5 Å². The summed E-state index contributed by atoms with van der Waals surface area (Å²) in [6, 6.07) is 0.770. The normalized spacial score (nSPS) is 13.7. The van der Waals surface area contributed by atoms with Crippen LogP contribution in [0.3, 0.4) is 0 Å². The lowest BCUT2D eigenvalue weighted by Gasteiger charge is -2.33. The van der Waals surface area contributed by atoms with Crippen molar-refractivity contribution in [3.8, 4) is 0 Å². The quantitative estimate of drug-likeness (QED) is 0.799. The van der Waals surface area contributed by atoms with Gasteiger partial charge in [0.15, 0.2) is 0 Å². The van der Waals surface area contributed by atoms with Crippen molar-refractivity contribution in [2.24, 2.45) is 5.73 Å². The fourth-order valence-electron chi connectivity index (χ4n) is 2.24. The van der Waals surface area contributed by atoms with Crippen molar-refractivity contribution in [1.82, 2.24) is 14.5 Å². The summed E-state index contributed by atoms with van der Waals surface area (Å²) in [5, 5.41) is 0. The average Bonchev–Trinajstić information content (AvgIpc) is 2.72. The molecule has 0 amide bonds. The first-order chi connectivity index (χ1) is 7.65. The highest BCUT2D eigenvalue weighted by Gasteiger charge is 2.22. The van der Waals surface area contributed by atoms with E-state index in [1.54, 1.807) is 0 Å². The van der Waals surface area contributed by atoms with Crippen molar-refractivity contribution >= 4 is 0 Å². The molecule has 1 aromatic heterocycles. The molecule has 4 nitrogen and oxygen atoms in total. The summed E-state index contributed by atoms with van der Waals surface area (Å²) in [5.74, 6) is 0. The largest absolute Gasteiger partial charge is 0.333 e. The number of nitrogens with two attached hydrogens (primary N) is 1. The molecule has 0 spiro atoms. The number of aryl methyl sites for hydroxylation is 1. The number of likely N-dealkylation sites (N-methyl/N-ethyl adjacent to an activating group) is 1. The third-order valence-corrected chi connectivity index (χ3v) is 3.08. The van der Waals surface area contributed by atoms with Crippen LogP contribution in [0.15, 0.2) is 12.5 Å². The molecule has 1 unspecified atom stereocenters. The molecule has 0 radical (unpaired) electrons. The van der Waals surface area contributed by atoms with Crippen LogP contribution in [-0.4, -0.2) is 33.6 Å². The molecule has 0 saturated carbocycles. The van der Waals surface area contributed by atoms with E-state index >= 15 is 0 Å². The maximum Gasteiger partial charge on any atom is 0.0948 e. The monoisotopic (exact) mass is 224 g/mol. The molecule has 0 fully saturated rings. The number of rotatable bonds is 6. The van der Waals surface area contributed by atoms with Crippen LogP contribution in [0.1, 0.15) is 39.4 Å². The van der Waals surface area contributed by atoms with Crippen molar-refractivity contribution < 1.29 is 0 Å². The van der Waals surface area contributed by atoms with Gasteiger partial charge in [-0.05, 0) is 27.3 Å². The summed E-state index contributed by atoms with van der Waals surface area (Å²) >= 11 is 0. The lowest BCUT2D eigenvalue weighted by Crippen LogP contribution is -2.39. The maximum atomic E-state index is 5.92. The van der Waals surface area contributed by atoms with Crippen molar-refractivity contribution in [3.63, 3.8) is 0 Å². The van der Waals surface area contributed by atoms with Crippen LogP contribution in [0, 0.1) is 0 Å². The first-order valence-corrected chi connectivity index (χ1v) is 6.11. The Balaban J connectivity index is 2.96. The lowest BCUT2D eigenvalue weighted by atomic mass is 10.1. The molecule has 0 aliphatic carbocycles. The summed E-state index contributed by atoms with van der Waals surface area (Å²) in [6.07, 6.45) is 3.82. The number of hydrogen-bond acceptors (Lipinski definition) is 3. The van der Waals surface area contributed by atoms with E-state index in [-0.39, 0.29) is 6.04 Å². The second-order valence-electron chi connectivity index (χ2n) is 4.28. The summed E-state index contributed by atoms with van der Waals surface area (Å²) in [6.45, 7) is 11.3. The minimum absolute atomic E-state index is 0.271. The standard InChI is InChI=1S/C12H24N4/c1-5-15-9-14-8-12(15)11(7-13)16(6-2)10(3)4/h8-11H,5-7,13H2,1-4H3. The van der Waals surface area contributed by atoms with Gasteiger partial charge in [0.1, 0.15) is 0 Å². The van der Waals surface area contributed by atoms with Crippen LogP contribution >= 0.6 is 0 Å². The first-order valence-electron chi connectivity index (χ1n) is 6.11. The SMILES string of the molecule is CCN(C(C)C)C(CN)c1cncn1CC. The molecule has 1 rings (SSSR count). The van der Waals surface area contributed by atoms with Crippen LogP contribution < -0.4 is 5.73 Å². The number of hydrogen-bond donors (Lipinski definition) is 1. The van der Waals surface area contributed by atoms with Crippen LogP contribution in [0.2, 0.25) is 0 Å². The number of aromatic nitrogens is 2. The Bertz CT molecular complexity index is 306. The molecular weight excluding hydrogens is 200 g/mol. The van der Waals surface area contributed by atoms with Gasteiger partial charge in [0.05, 0.1) is 18.1 Å². The third-order valence-electron chi connectivity index (χ3n) is 3.08. The fourth-order valence-corrected chi connectivity index (χ4v) is 2.24. The van der Waals surface area contributed by atoms with E-state index < -0.39 is 0 Å². The lowest BCUT2D eigenvalue weighted by molar-refractivity contribution is 0.160. The van der Waals surface area contributed by atoms with Gasteiger partial charge in [0, 0.05) is 25.3 Å². The van der Waals surface area contributed by atoms with Crippen molar-refractivity contribution in [2.45, 2.75) is 46.3 Å². The topological polar surface area (TPSA) is 47.1 Å². The Morgan fingerprint density at radius 1 is 1.44 bits per heavy atom. The molecule has 0 aliphatic heterocycles. The molecule has 1 aromatic rings. The fraction of sp³-hybridized carbons (Fsp3) is 0.750. The van der Waals surface area contributed by atoms with E-state index in [1.165, 1.54) is 5.69 Å². The van der Waals surface area contributed by atoms with Gasteiger partial charge in [-0.15, -0.1) is 0 Å². The second-order valence-corrected chi connectivity index (χ2v) is 4.28. The van der Waals surface area contributed by atoms with Crippen molar-refractivity contribution in [2.75, 3.05) is 13.1 Å². The minimum atomic E-state index is 0.271. The van der Waals surface area contributed by atoms with Crippen LogP contribution in [-0.2, 0) is 6.54 Å². The molecule has 0 saturated heterocycles. The summed E-state index contributed by atoms with van der Waals surface area (Å²) in [7, 11) is 0. The van der Waals surface area contributed by atoms with E-state index in [0.29, 0.717) is 12.6 Å². The van der Waals surface area contributed by atoms with Gasteiger partial charge < -0.3 is 10.3 Å². The van der Waals surface area contributed by atoms with Crippen LogP contribution in [0.5, 0.6) is 0 Å². The molecule has 4 heteroatoms. The van der Waals surface area contributed by atoms with E-state index in [4.69, 9.17) is 5.73 Å². The van der Waals surface area contributed by atoms with E-state index in [9.17, 15) is 0 Å². The third kappa shape index (κ3) is 2.62. The van der Waals surface area contributed by atoms with Gasteiger partial charge in [-0.1, -0.05) is 6.92 Å². The Morgan fingerprint density at radius 2 is 2.12 bits per heavy atom. The minimum Gasteiger partial charge on any atom is -0.333 e. The van der Waals surface area contributed by atoms with Crippen molar-refractivity contribution in [3.05, 3.63) is 18.2 Å². The molecule has 1 atom stereocenters. The maximum absolute atomic E-state index is 5.92. The zero-order valence-corrected chi connectivity index (χ0v) is 10.8. The smallest absolute Gasteiger partial charge is 0.0948 e. The Morgan fingerprint density at radius 3 is 2.56 bits per heavy atom. The molecule has 0 aromatic carbocycles. The molecular formula is C12H24N4. The zero-order valence-electron chi connectivity index (χ0n) is 10.8. The van der Waals surface area contributed by atoms with E-state index in [1.807, 2.05) is 12.5 Å². The van der Waals surface area contributed by atoms with Crippen LogP contribution in [0.25, 0.3) is 0 Å². The number of nitrogens with zero attached hydrogens (tertiary/aromatic N) is 3.